The summed E-state index contributed by atoms with van der Waals surface area (Å²) in [5.41, 5.74) is -1.03. The molecule has 0 spiro atoms. The second kappa shape index (κ2) is 5.97. The topological polar surface area (TPSA) is 63.2 Å². The van der Waals surface area contributed by atoms with Gasteiger partial charge in [-0.1, -0.05) is 17.4 Å². The number of fused-ring (bicyclic) bond motifs is 1. The number of nitrogens with zero attached hydrogens (tertiary/aromatic N) is 1. The van der Waals surface area contributed by atoms with E-state index in [-0.39, 0.29) is 25.0 Å². The molecule has 1 heterocycles. The molecule has 0 bridgehead atoms. The van der Waals surface area contributed by atoms with Crippen LogP contribution in [0.2, 0.25) is 0 Å². The van der Waals surface area contributed by atoms with E-state index in [1.807, 2.05) is 18.2 Å². The molecule has 2 aliphatic carbocycles. The zero-order valence-electron chi connectivity index (χ0n) is 13.5. The largest absolute Gasteiger partial charge is 0.489 e. The molecule has 128 valence electrons. The van der Waals surface area contributed by atoms with E-state index < -0.39 is 11.6 Å². The van der Waals surface area contributed by atoms with Gasteiger partial charge in [-0.15, -0.1) is 0 Å². The SMILES string of the molecule is CN[C@H]1C[C@](F)(C(=O)Nc2nc3cccc(OC4CCC4)c3s2)C1. The molecular weight excluding hydrogens is 329 g/mol. The van der Waals surface area contributed by atoms with E-state index in [1.54, 1.807) is 7.05 Å². The van der Waals surface area contributed by atoms with E-state index in [1.165, 1.54) is 17.8 Å². The van der Waals surface area contributed by atoms with E-state index in [0.29, 0.717) is 5.13 Å². The number of carbonyl (C=O) groups excluding carboxylic acids is 1. The fourth-order valence-corrected chi connectivity index (χ4v) is 3.97. The van der Waals surface area contributed by atoms with Crippen molar-refractivity contribution in [1.29, 1.82) is 0 Å². The molecular formula is C17H20FN3O2S. The predicted molar refractivity (Wildman–Crippen MR) is 92.4 cm³/mol. The summed E-state index contributed by atoms with van der Waals surface area (Å²) in [4.78, 5) is 16.6. The molecule has 0 saturated heterocycles. The Hall–Kier alpha value is -1.73. The van der Waals surface area contributed by atoms with Crippen molar-refractivity contribution in [2.24, 2.45) is 0 Å². The van der Waals surface area contributed by atoms with Gasteiger partial charge >= 0.3 is 0 Å². The molecule has 1 amide bonds. The van der Waals surface area contributed by atoms with Crippen molar-refractivity contribution in [3.05, 3.63) is 18.2 Å². The van der Waals surface area contributed by atoms with Crippen molar-refractivity contribution in [3.8, 4) is 5.75 Å². The minimum atomic E-state index is -1.79. The molecule has 5 nitrogen and oxygen atoms in total. The quantitative estimate of drug-likeness (QED) is 0.870. The van der Waals surface area contributed by atoms with Gasteiger partial charge in [0.15, 0.2) is 10.8 Å². The van der Waals surface area contributed by atoms with Crippen molar-refractivity contribution < 1.29 is 13.9 Å². The summed E-state index contributed by atoms with van der Waals surface area (Å²) in [6.07, 6.45) is 4.05. The van der Waals surface area contributed by atoms with Gasteiger partial charge in [-0.25, -0.2) is 9.37 Å². The van der Waals surface area contributed by atoms with Crippen LogP contribution < -0.4 is 15.4 Å². The summed E-state index contributed by atoms with van der Waals surface area (Å²) in [5.74, 6) is 0.193. The first-order chi connectivity index (χ1) is 11.6. The summed E-state index contributed by atoms with van der Waals surface area (Å²) < 4.78 is 21.4. The van der Waals surface area contributed by atoms with Gasteiger partial charge in [0.25, 0.3) is 5.91 Å². The molecule has 0 unspecified atom stereocenters. The predicted octanol–water partition coefficient (Wildman–Crippen LogP) is 3.26. The van der Waals surface area contributed by atoms with Gasteiger partial charge in [-0.3, -0.25) is 10.1 Å². The van der Waals surface area contributed by atoms with Crippen LogP contribution in [0.25, 0.3) is 10.2 Å². The first-order valence-corrected chi connectivity index (χ1v) is 9.13. The molecule has 2 aliphatic rings. The van der Waals surface area contributed by atoms with Crippen LogP contribution in [0.5, 0.6) is 5.75 Å². The standard InChI is InChI=1S/C17H20FN3O2S/c1-19-10-8-17(18,9-10)15(22)21-16-20-12-6-3-7-13(14(12)24-16)23-11-4-2-5-11/h3,6-7,10-11,19H,2,4-5,8-9H2,1H3,(H,20,21,22)/t10-,17+. The molecule has 1 aromatic heterocycles. The highest BCUT2D eigenvalue weighted by atomic mass is 32.1. The lowest BCUT2D eigenvalue weighted by molar-refractivity contribution is -0.134. The number of nitrogens with one attached hydrogen (secondary N) is 2. The van der Waals surface area contributed by atoms with Crippen LogP contribution in [0.1, 0.15) is 32.1 Å². The number of amides is 1. The second-order valence-electron chi connectivity index (χ2n) is 6.61. The molecule has 4 rings (SSSR count). The van der Waals surface area contributed by atoms with Crippen molar-refractivity contribution in [1.82, 2.24) is 10.3 Å². The molecule has 2 N–H and O–H groups in total. The van der Waals surface area contributed by atoms with Crippen molar-refractivity contribution in [2.45, 2.75) is 49.9 Å². The fourth-order valence-electron chi connectivity index (χ4n) is 3.06. The zero-order chi connectivity index (χ0) is 16.7. The van der Waals surface area contributed by atoms with E-state index in [0.717, 1.165) is 28.8 Å². The molecule has 24 heavy (non-hydrogen) atoms. The third-order valence-electron chi connectivity index (χ3n) is 4.90. The molecule has 0 aliphatic heterocycles. The lowest BCUT2D eigenvalue weighted by Crippen LogP contribution is -2.56. The van der Waals surface area contributed by atoms with Gasteiger partial charge < -0.3 is 10.1 Å². The maximum atomic E-state index is 14.5. The third-order valence-corrected chi connectivity index (χ3v) is 5.90. The summed E-state index contributed by atoms with van der Waals surface area (Å²) in [6.45, 7) is 0. The first kappa shape index (κ1) is 15.8. The Kier molecular flexibility index (Phi) is 3.92. The van der Waals surface area contributed by atoms with Gasteiger partial charge in [-0.05, 0) is 38.4 Å². The Morgan fingerprint density at radius 2 is 2.21 bits per heavy atom. The third kappa shape index (κ3) is 2.75. The molecule has 7 heteroatoms. The number of anilines is 1. The molecule has 2 saturated carbocycles. The van der Waals surface area contributed by atoms with Gasteiger partial charge in [0.2, 0.25) is 0 Å². The van der Waals surface area contributed by atoms with Gasteiger partial charge in [0.05, 0.1) is 16.3 Å². The lowest BCUT2D eigenvalue weighted by atomic mass is 9.76. The first-order valence-electron chi connectivity index (χ1n) is 8.31. The zero-order valence-corrected chi connectivity index (χ0v) is 14.3. The van der Waals surface area contributed by atoms with E-state index >= 15 is 0 Å². The Morgan fingerprint density at radius 1 is 1.42 bits per heavy atom. The number of ether oxygens (including phenoxy) is 1. The summed E-state index contributed by atoms with van der Waals surface area (Å²) in [6, 6.07) is 5.76. The van der Waals surface area contributed by atoms with Crippen LogP contribution in [-0.2, 0) is 4.79 Å². The van der Waals surface area contributed by atoms with Crippen LogP contribution in [-0.4, -0.2) is 35.8 Å². The number of aromatic nitrogens is 1. The van der Waals surface area contributed by atoms with Crippen LogP contribution in [0, 0.1) is 0 Å². The number of alkyl halides is 1. The average Bonchev–Trinajstić information content (AvgIpc) is 2.90. The number of carbonyl (C=O) groups is 1. The summed E-state index contributed by atoms with van der Waals surface area (Å²) in [5, 5.41) is 6.04. The maximum Gasteiger partial charge on any atom is 0.263 e. The lowest BCUT2D eigenvalue weighted by Gasteiger charge is -2.39. The van der Waals surface area contributed by atoms with Crippen LogP contribution in [0.3, 0.4) is 0 Å². The van der Waals surface area contributed by atoms with E-state index in [4.69, 9.17) is 4.74 Å². The summed E-state index contributed by atoms with van der Waals surface area (Å²) in [7, 11) is 1.78. The normalized spacial score (nSPS) is 26.7. The fraction of sp³-hybridized carbons (Fsp3) is 0.529. The van der Waals surface area contributed by atoms with Crippen molar-refractivity contribution in [3.63, 3.8) is 0 Å². The molecule has 1 aromatic carbocycles. The van der Waals surface area contributed by atoms with E-state index in [2.05, 4.69) is 15.6 Å². The number of hydrogen-bond acceptors (Lipinski definition) is 5. The van der Waals surface area contributed by atoms with Gasteiger partial charge in [-0.2, -0.15) is 0 Å². The second-order valence-corrected chi connectivity index (χ2v) is 7.61. The Labute approximate surface area is 143 Å². The number of halogens is 1. The molecule has 2 fully saturated rings. The van der Waals surface area contributed by atoms with Crippen molar-refractivity contribution >= 4 is 32.6 Å². The molecule has 2 aromatic rings. The Balaban J connectivity index is 1.50. The number of hydrogen-bond donors (Lipinski definition) is 2. The number of rotatable bonds is 5. The van der Waals surface area contributed by atoms with Crippen LogP contribution >= 0.6 is 11.3 Å². The van der Waals surface area contributed by atoms with Gasteiger partial charge in [0, 0.05) is 18.9 Å². The maximum absolute atomic E-state index is 14.5. The monoisotopic (exact) mass is 349 g/mol. The number of benzene rings is 1. The highest BCUT2D eigenvalue weighted by Crippen LogP contribution is 2.39. The molecule has 0 atom stereocenters. The Morgan fingerprint density at radius 3 is 2.88 bits per heavy atom. The summed E-state index contributed by atoms with van der Waals surface area (Å²) >= 11 is 1.34. The minimum Gasteiger partial charge on any atom is -0.489 e. The highest BCUT2D eigenvalue weighted by molar-refractivity contribution is 7.22. The van der Waals surface area contributed by atoms with Crippen LogP contribution in [0.4, 0.5) is 9.52 Å². The van der Waals surface area contributed by atoms with Crippen molar-refractivity contribution in [2.75, 3.05) is 12.4 Å². The smallest absolute Gasteiger partial charge is 0.263 e. The average molecular weight is 349 g/mol. The highest BCUT2D eigenvalue weighted by Gasteiger charge is 2.50. The van der Waals surface area contributed by atoms with Gasteiger partial charge in [0.1, 0.15) is 5.75 Å². The number of thiazole rings is 1. The van der Waals surface area contributed by atoms with E-state index in [9.17, 15) is 9.18 Å². The molecule has 0 radical (unpaired) electrons. The minimum absolute atomic E-state index is 0.0681. The van der Waals surface area contributed by atoms with Crippen LogP contribution in [0.15, 0.2) is 18.2 Å². The Bertz CT molecular complexity index is 768.